The van der Waals surface area contributed by atoms with Crippen molar-refractivity contribution in [3.8, 4) is 0 Å². The number of benzene rings is 2. The zero-order valence-electron chi connectivity index (χ0n) is 15.6. The molecule has 1 aliphatic rings. The van der Waals surface area contributed by atoms with Crippen LogP contribution in [0.15, 0.2) is 60.9 Å². The highest BCUT2D eigenvalue weighted by Crippen LogP contribution is 2.21. The van der Waals surface area contributed by atoms with Gasteiger partial charge in [-0.1, -0.05) is 24.3 Å². The topological polar surface area (TPSA) is 61.4 Å². The molecule has 4 rings (SSSR count). The van der Waals surface area contributed by atoms with Crippen LogP contribution in [0.1, 0.15) is 10.5 Å². The molecule has 0 spiro atoms. The third-order valence-corrected chi connectivity index (χ3v) is 4.81. The van der Waals surface area contributed by atoms with Crippen molar-refractivity contribution in [2.24, 2.45) is 0 Å². The number of hydrogen-bond acceptors (Lipinski definition) is 5. The first-order valence-corrected chi connectivity index (χ1v) is 9.24. The van der Waals surface area contributed by atoms with Gasteiger partial charge in [0.25, 0.3) is 5.91 Å². The molecule has 1 fully saturated rings. The highest BCUT2D eigenvalue weighted by Gasteiger charge is 2.20. The van der Waals surface area contributed by atoms with E-state index >= 15 is 0 Å². The summed E-state index contributed by atoms with van der Waals surface area (Å²) in [6.07, 6.45) is 1.28. The largest absolute Gasteiger partial charge is 0.368 e. The van der Waals surface area contributed by atoms with Crippen LogP contribution in [0.4, 0.5) is 26.0 Å². The van der Waals surface area contributed by atoms with Crippen LogP contribution in [0, 0.1) is 11.6 Å². The van der Waals surface area contributed by atoms with Gasteiger partial charge in [0.15, 0.2) is 0 Å². The molecule has 148 valence electrons. The molecule has 0 saturated carbocycles. The fourth-order valence-corrected chi connectivity index (χ4v) is 3.27. The van der Waals surface area contributed by atoms with Crippen LogP contribution in [-0.2, 0) is 0 Å². The number of piperazine rings is 1. The molecular weight excluding hydrogens is 376 g/mol. The normalized spacial score (nSPS) is 14.0. The van der Waals surface area contributed by atoms with Crippen LogP contribution < -0.4 is 15.1 Å². The van der Waals surface area contributed by atoms with E-state index in [0.29, 0.717) is 5.82 Å². The molecule has 6 nitrogen and oxygen atoms in total. The van der Waals surface area contributed by atoms with Gasteiger partial charge in [0.05, 0.1) is 0 Å². The molecule has 1 N–H and O–H groups in total. The molecule has 0 aliphatic carbocycles. The Balaban J connectivity index is 1.44. The molecule has 29 heavy (non-hydrogen) atoms. The van der Waals surface area contributed by atoms with Crippen molar-refractivity contribution in [1.82, 2.24) is 9.97 Å². The van der Waals surface area contributed by atoms with Crippen molar-refractivity contribution in [1.29, 1.82) is 0 Å². The molecule has 1 saturated heterocycles. The van der Waals surface area contributed by atoms with Gasteiger partial charge in [-0.25, -0.2) is 18.7 Å². The van der Waals surface area contributed by atoms with E-state index in [0.717, 1.165) is 38.3 Å². The maximum Gasteiger partial charge on any atom is 0.274 e. The molecule has 0 bridgehead atoms. The van der Waals surface area contributed by atoms with Crippen molar-refractivity contribution < 1.29 is 13.6 Å². The molecule has 2 heterocycles. The third kappa shape index (κ3) is 4.16. The Labute approximate surface area is 166 Å². The third-order valence-electron chi connectivity index (χ3n) is 4.81. The molecule has 1 aliphatic heterocycles. The van der Waals surface area contributed by atoms with E-state index in [2.05, 4.69) is 37.2 Å². The lowest BCUT2D eigenvalue weighted by molar-refractivity contribution is 0.102. The van der Waals surface area contributed by atoms with Crippen molar-refractivity contribution in [2.45, 2.75) is 0 Å². The second-order valence-corrected chi connectivity index (χ2v) is 6.62. The van der Waals surface area contributed by atoms with Gasteiger partial charge in [-0.05, 0) is 24.3 Å². The zero-order valence-corrected chi connectivity index (χ0v) is 15.6. The maximum absolute atomic E-state index is 13.8. The van der Waals surface area contributed by atoms with E-state index in [-0.39, 0.29) is 5.69 Å². The Hall–Kier alpha value is -3.55. The number of aromatic nitrogens is 2. The van der Waals surface area contributed by atoms with Gasteiger partial charge in [0, 0.05) is 37.9 Å². The van der Waals surface area contributed by atoms with Gasteiger partial charge in [-0.15, -0.1) is 0 Å². The number of nitrogens with zero attached hydrogens (tertiary/aromatic N) is 4. The summed E-state index contributed by atoms with van der Waals surface area (Å²) >= 11 is 0. The Morgan fingerprint density at radius 3 is 2.21 bits per heavy atom. The second kappa shape index (κ2) is 8.22. The highest BCUT2D eigenvalue weighted by atomic mass is 19.1. The molecule has 8 heteroatoms. The predicted molar refractivity (Wildman–Crippen MR) is 107 cm³/mol. The lowest BCUT2D eigenvalue weighted by atomic mass is 10.2. The van der Waals surface area contributed by atoms with Crippen LogP contribution in [0.2, 0.25) is 0 Å². The average molecular weight is 395 g/mol. The number of hydrogen-bond donors (Lipinski definition) is 1. The molecule has 2 aromatic carbocycles. The minimum Gasteiger partial charge on any atom is -0.368 e. The molecule has 0 atom stereocenters. The van der Waals surface area contributed by atoms with E-state index < -0.39 is 23.2 Å². The molecule has 3 aromatic rings. The summed E-state index contributed by atoms with van der Waals surface area (Å²) in [6, 6.07) is 15.1. The van der Waals surface area contributed by atoms with Crippen LogP contribution >= 0.6 is 0 Å². The van der Waals surface area contributed by atoms with E-state index in [1.54, 1.807) is 0 Å². The Morgan fingerprint density at radius 2 is 1.52 bits per heavy atom. The predicted octanol–water partition coefficient (Wildman–Crippen LogP) is 3.33. The lowest BCUT2D eigenvalue weighted by Crippen LogP contribution is -2.46. The van der Waals surface area contributed by atoms with Gasteiger partial charge >= 0.3 is 0 Å². The maximum atomic E-state index is 13.8. The number of rotatable bonds is 4. The lowest BCUT2D eigenvalue weighted by Gasteiger charge is -2.36. The summed E-state index contributed by atoms with van der Waals surface area (Å²) in [6.45, 7) is 3.09. The minimum absolute atomic E-state index is 0.0446. The first-order chi connectivity index (χ1) is 14.1. The molecule has 0 radical (unpaired) electrons. The Bertz CT molecular complexity index is 987. The number of nitrogens with one attached hydrogen (secondary N) is 1. The first-order valence-electron chi connectivity index (χ1n) is 9.24. The van der Waals surface area contributed by atoms with Gasteiger partial charge in [-0.2, -0.15) is 0 Å². The van der Waals surface area contributed by atoms with Crippen molar-refractivity contribution in [3.63, 3.8) is 0 Å². The second-order valence-electron chi connectivity index (χ2n) is 6.62. The quantitative estimate of drug-likeness (QED) is 0.734. The van der Waals surface area contributed by atoms with E-state index in [1.807, 2.05) is 18.2 Å². The smallest absolute Gasteiger partial charge is 0.274 e. The Kier molecular flexibility index (Phi) is 5.33. The average Bonchev–Trinajstić information content (AvgIpc) is 2.77. The summed E-state index contributed by atoms with van der Waals surface area (Å²) < 4.78 is 27.5. The molecule has 1 aromatic heterocycles. The summed E-state index contributed by atoms with van der Waals surface area (Å²) in [7, 11) is 0. The number of amides is 1. The van der Waals surface area contributed by atoms with Gasteiger partial charge in [0.2, 0.25) is 0 Å². The van der Waals surface area contributed by atoms with Gasteiger partial charge < -0.3 is 15.1 Å². The highest BCUT2D eigenvalue weighted by molar-refractivity contribution is 6.03. The molecule has 1 amide bonds. The van der Waals surface area contributed by atoms with Crippen LogP contribution in [-0.4, -0.2) is 42.1 Å². The van der Waals surface area contributed by atoms with Crippen molar-refractivity contribution in [2.75, 3.05) is 41.3 Å². The first kappa shape index (κ1) is 18.8. The minimum atomic E-state index is -0.843. The van der Waals surface area contributed by atoms with E-state index in [9.17, 15) is 13.6 Å². The van der Waals surface area contributed by atoms with E-state index in [1.165, 1.54) is 24.1 Å². The number of halogens is 2. The number of anilines is 3. The number of carbonyl (C=O) groups is 1. The van der Waals surface area contributed by atoms with Gasteiger partial charge in [0.1, 0.15) is 35.2 Å². The summed E-state index contributed by atoms with van der Waals surface area (Å²) in [5.41, 5.74) is 0.721. The van der Waals surface area contributed by atoms with Crippen molar-refractivity contribution in [3.05, 3.63) is 78.3 Å². The standard InChI is InChI=1S/C21H19F2N5O/c22-16-7-4-8-17(23)20(16)26-21(29)18-13-19(25-14-24-18)28-11-9-27(10-12-28)15-5-2-1-3-6-15/h1-8,13-14H,9-12H2,(H,26,29). The monoisotopic (exact) mass is 395 g/mol. The van der Waals surface area contributed by atoms with Gasteiger partial charge in [-0.3, -0.25) is 4.79 Å². The van der Waals surface area contributed by atoms with E-state index in [4.69, 9.17) is 0 Å². The summed E-state index contributed by atoms with van der Waals surface area (Å²) in [5, 5.41) is 2.25. The molecular formula is C21H19F2N5O. The van der Waals surface area contributed by atoms with Crippen molar-refractivity contribution >= 4 is 23.1 Å². The summed E-state index contributed by atoms with van der Waals surface area (Å²) in [4.78, 5) is 25.0. The fraction of sp³-hybridized carbons (Fsp3) is 0.190. The zero-order chi connectivity index (χ0) is 20.2. The summed E-state index contributed by atoms with van der Waals surface area (Å²) in [5.74, 6) is -1.78. The van der Waals surface area contributed by atoms with Crippen LogP contribution in [0.25, 0.3) is 0 Å². The number of para-hydroxylation sites is 2. The van der Waals surface area contributed by atoms with Crippen LogP contribution in [0.3, 0.4) is 0 Å². The Morgan fingerprint density at radius 1 is 0.862 bits per heavy atom. The number of carbonyl (C=O) groups excluding carboxylic acids is 1. The molecule has 0 unspecified atom stereocenters. The SMILES string of the molecule is O=C(Nc1c(F)cccc1F)c1cc(N2CCN(c3ccccc3)CC2)ncn1. The fourth-order valence-electron chi connectivity index (χ4n) is 3.27. The van der Waals surface area contributed by atoms with Crippen LogP contribution in [0.5, 0.6) is 0 Å².